The molecule has 3 heteroatoms. The van der Waals surface area contributed by atoms with Crippen LogP contribution in [0.2, 0.25) is 0 Å². The summed E-state index contributed by atoms with van der Waals surface area (Å²) in [7, 11) is 2.07. The first-order valence-electron chi connectivity index (χ1n) is 4.47. The van der Waals surface area contributed by atoms with E-state index in [1.165, 1.54) is 19.3 Å². The van der Waals surface area contributed by atoms with Crippen LogP contribution < -0.4 is 0 Å². The van der Waals surface area contributed by atoms with Crippen LogP contribution in [-0.4, -0.2) is 30.8 Å². The zero-order valence-corrected chi connectivity index (χ0v) is 8.69. The molecule has 0 aliphatic heterocycles. The lowest BCUT2D eigenvalue weighted by atomic mass is 10.2. The second-order valence-electron chi connectivity index (χ2n) is 3.00. The smallest absolute Gasteiger partial charge is 0.0635 e. The van der Waals surface area contributed by atoms with Gasteiger partial charge < -0.3 is 4.90 Å². The van der Waals surface area contributed by atoms with E-state index < -0.39 is 0 Å². The van der Waals surface area contributed by atoms with Gasteiger partial charge in [0.25, 0.3) is 0 Å². The van der Waals surface area contributed by atoms with Gasteiger partial charge in [0, 0.05) is 13.0 Å². The van der Waals surface area contributed by atoms with Gasteiger partial charge in [0.05, 0.1) is 6.07 Å². The third-order valence-corrected chi connectivity index (χ3v) is 2.12. The minimum absolute atomic E-state index is 0.642. The lowest BCUT2D eigenvalue weighted by molar-refractivity contribution is 0.333. The zero-order valence-electron chi connectivity index (χ0n) is 7.79. The van der Waals surface area contributed by atoms with Crippen LogP contribution in [0.25, 0.3) is 0 Å². The van der Waals surface area contributed by atoms with Crippen molar-refractivity contribution in [3.8, 4) is 6.07 Å². The van der Waals surface area contributed by atoms with Crippen molar-refractivity contribution in [2.24, 2.45) is 0 Å². The van der Waals surface area contributed by atoms with E-state index in [2.05, 4.69) is 30.6 Å². The Bertz CT molecular complexity index is 131. The van der Waals surface area contributed by atoms with Gasteiger partial charge in [-0.3, -0.25) is 0 Å². The highest BCUT2D eigenvalue weighted by Crippen LogP contribution is 1.98. The standard InChI is InChI=1S/C9H18N2S/c1-11(8-5-6-10)7-3-2-4-9-12/h12H,2-5,7-9H2,1H3. The Morgan fingerprint density at radius 3 is 2.58 bits per heavy atom. The van der Waals surface area contributed by atoms with Gasteiger partial charge in [-0.25, -0.2) is 0 Å². The maximum atomic E-state index is 8.34. The minimum Gasteiger partial charge on any atom is -0.305 e. The minimum atomic E-state index is 0.642. The molecule has 0 atom stereocenters. The van der Waals surface area contributed by atoms with Crippen LogP contribution in [0, 0.1) is 11.3 Å². The second-order valence-corrected chi connectivity index (χ2v) is 3.44. The predicted octanol–water partition coefficient (Wildman–Crippen LogP) is 1.93. The average Bonchev–Trinajstić information content (AvgIpc) is 2.09. The van der Waals surface area contributed by atoms with E-state index >= 15 is 0 Å². The molecule has 0 saturated carbocycles. The molecular formula is C9H18N2S. The van der Waals surface area contributed by atoms with Gasteiger partial charge in [-0.05, 0) is 32.2 Å². The fourth-order valence-electron chi connectivity index (χ4n) is 1.02. The molecule has 0 bridgehead atoms. The van der Waals surface area contributed by atoms with Crippen LogP contribution >= 0.6 is 12.6 Å². The number of nitriles is 1. The fraction of sp³-hybridized carbons (Fsp3) is 0.889. The van der Waals surface area contributed by atoms with E-state index in [0.29, 0.717) is 6.42 Å². The van der Waals surface area contributed by atoms with Gasteiger partial charge in [0.1, 0.15) is 0 Å². The molecule has 0 heterocycles. The Balaban J connectivity index is 3.09. The van der Waals surface area contributed by atoms with Crippen molar-refractivity contribution < 1.29 is 0 Å². The van der Waals surface area contributed by atoms with E-state index in [4.69, 9.17) is 5.26 Å². The quantitative estimate of drug-likeness (QED) is 0.486. The fourth-order valence-corrected chi connectivity index (χ4v) is 1.25. The van der Waals surface area contributed by atoms with E-state index in [1.54, 1.807) is 0 Å². The molecule has 0 amide bonds. The third-order valence-electron chi connectivity index (χ3n) is 1.80. The largest absolute Gasteiger partial charge is 0.305 e. The Hall–Kier alpha value is -0.200. The molecule has 0 aromatic carbocycles. The summed E-state index contributed by atoms with van der Waals surface area (Å²) in [6, 6.07) is 2.15. The molecule has 0 rings (SSSR count). The molecule has 0 aromatic heterocycles. The summed E-state index contributed by atoms with van der Waals surface area (Å²) in [5, 5.41) is 8.34. The molecule has 0 radical (unpaired) electrons. The number of thiol groups is 1. The van der Waals surface area contributed by atoms with Gasteiger partial charge in [-0.15, -0.1) is 0 Å². The van der Waals surface area contributed by atoms with Crippen molar-refractivity contribution in [3.05, 3.63) is 0 Å². The lowest BCUT2D eigenvalue weighted by Crippen LogP contribution is -2.20. The van der Waals surface area contributed by atoms with Crippen molar-refractivity contribution in [2.45, 2.75) is 25.7 Å². The van der Waals surface area contributed by atoms with Gasteiger partial charge in [0.15, 0.2) is 0 Å². The summed E-state index contributed by atoms with van der Waals surface area (Å²) in [5.74, 6) is 0.988. The molecule has 0 fully saturated rings. The molecule has 12 heavy (non-hydrogen) atoms. The van der Waals surface area contributed by atoms with Crippen molar-refractivity contribution in [1.29, 1.82) is 5.26 Å². The van der Waals surface area contributed by atoms with E-state index in [0.717, 1.165) is 18.8 Å². The SMILES string of the molecule is CN(CCC#N)CCCCCS. The monoisotopic (exact) mass is 186 g/mol. The van der Waals surface area contributed by atoms with Crippen LogP contribution in [-0.2, 0) is 0 Å². The summed E-state index contributed by atoms with van der Waals surface area (Å²) < 4.78 is 0. The number of unbranched alkanes of at least 4 members (excludes halogenated alkanes) is 2. The molecule has 0 aromatic rings. The molecule has 2 nitrogen and oxygen atoms in total. The summed E-state index contributed by atoms with van der Waals surface area (Å²) >= 11 is 4.14. The molecule has 0 saturated heterocycles. The van der Waals surface area contributed by atoms with Crippen molar-refractivity contribution in [2.75, 3.05) is 25.9 Å². The van der Waals surface area contributed by atoms with Gasteiger partial charge in [-0.2, -0.15) is 17.9 Å². The first-order chi connectivity index (χ1) is 5.81. The van der Waals surface area contributed by atoms with Gasteiger partial charge in [0.2, 0.25) is 0 Å². The van der Waals surface area contributed by atoms with Crippen LogP contribution in [0.5, 0.6) is 0 Å². The maximum Gasteiger partial charge on any atom is 0.0635 e. The Kier molecular flexibility index (Phi) is 8.74. The summed E-state index contributed by atoms with van der Waals surface area (Å²) in [6.45, 7) is 2.01. The van der Waals surface area contributed by atoms with Crippen LogP contribution in [0.15, 0.2) is 0 Å². The molecular weight excluding hydrogens is 168 g/mol. The van der Waals surface area contributed by atoms with Crippen LogP contribution in [0.4, 0.5) is 0 Å². The molecule has 0 spiro atoms. The first-order valence-corrected chi connectivity index (χ1v) is 5.11. The molecule has 0 unspecified atom stereocenters. The predicted molar refractivity (Wildman–Crippen MR) is 55.4 cm³/mol. The normalized spacial score (nSPS) is 10.2. The van der Waals surface area contributed by atoms with E-state index in [1.807, 2.05) is 0 Å². The molecule has 70 valence electrons. The third kappa shape index (κ3) is 7.90. The second kappa shape index (κ2) is 8.89. The Labute approximate surface area is 81.0 Å². The zero-order chi connectivity index (χ0) is 9.23. The van der Waals surface area contributed by atoms with E-state index in [9.17, 15) is 0 Å². The van der Waals surface area contributed by atoms with Gasteiger partial charge in [-0.1, -0.05) is 6.42 Å². The van der Waals surface area contributed by atoms with Crippen LogP contribution in [0.1, 0.15) is 25.7 Å². The molecule has 0 aliphatic carbocycles. The highest BCUT2D eigenvalue weighted by Gasteiger charge is 1.96. The van der Waals surface area contributed by atoms with Crippen LogP contribution in [0.3, 0.4) is 0 Å². The Morgan fingerprint density at radius 2 is 2.00 bits per heavy atom. The maximum absolute atomic E-state index is 8.34. The molecule has 0 aliphatic rings. The Morgan fingerprint density at radius 1 is 1.25 bits per heavy atom. The topological polar surface area (TPSA) is 27.0 Å². The van der Waals surface area contributed by atoms with E-state index in [-0.39, 0.29) is 0 Å². The molecule has 0 N–H and O–H groups in total. The van der Waals surface area contributed by atoms with Gasteiger partial charge >= 0.3 is 0 Å². The number of rotatable bonds is 7. The number of hydrogen-bond donors (Lipinski definition) is 1. The summed E-state index contributed by atoms with van der Waals surface area (Å²) in [4.78, 5) is 2.21. The van der Waals surface area contributed by atoms with Crippen molar-refractivity contribution in [3.63, 3.8) is 0 Å². The number of nitrogens with zero attached hydrogens (tertiary/aromatic N) is 2. The highest BCUT2D eigenvalue weighted by atomic mass is 32.1. The van der Waals surface area contributed by atoms with Crippen molar-refractivity contribution in [1.82, 2.24) is 4.90 Å². The highest BCUT2D eigenvalue weighted by molar-refractivity contribution is 7.80. The summed E-state index contributed by atoms with van der Waals surface area (Å²) in [6.07, 6.45) is 4.32. The van der Waals surface area contributed by atoms with Crippen molar-refractivity contribution >= 4 is 12.6 Å². The first kappa shape index (κ1) is 11.8. The summed E-state index contributed by atoms with van der Waals surface area (Å²) in [5.41, 5.74) is 0. The lowest BCUT2D eigenvalue weighted by Gasteiger charge is -2.13. The average molecular weight is 186 g/mol. The number of hydrogen-bond acceptors (Lipinski definition) is 3.